The molecular formula is C10H7N3S2. The number of hydrogen-bond acceptors (Lipinski definition) is 5. The van der Waals surface area contributed by atoms with Crippen molar-refractivity contribution in [1.82, 2.24) is 9.36 Å². The Bertz CT molecular complexity index is 456. The van der Waals surface area contributed by atoms with Gasteiger partial charge in [-0.3, -0.25) is 0 Å². The van der Waals surface area contributed by atoms with E-state index in [0.29, 0.717) is 5.56 Å². The Morgan fingerprint density at radius 3 is 2.73 bits per heavy atom. The Morgan fingerprint density at radius 1 is 1.33 bits per heavy atom. The van der Waals surface area contributed by atoms with Crippen molar-refractivity contribution in [3.05, 3.63) is 41.7 Å². The number of hydrogen-bond donors (Lipinski definition) is 0. The Labute approximate surface area is 96.0 Å². The molecule has 5 heteroatoms. The summed E-state index contributed by atoms with van der Waals surface area (Å²) >= 11 is 3.05. The highest BCUT2D eigenvalue weighted by molar-refractivity contribution is 8.00. The molecule has 1 heterocycles. The summed E-state index contributed by atoms with van der Waals surface area (Å²) in [6.45, 7) is 0. The highest BCUT2D eigenvalue weighted by Crippen LogP contribution is 2.22. The van der Waals surface area contributed by atoms with Gasteiger partial charge in [-0.25, -0.2) is 4.98 Å². The first-order valence-corrected chi connectivity index (χ1v) is 6.03. The van der Waals surface area contributed by atoms with E-state index in [0.717, 1.165) is 10.1 Å². The maximum Gasteiger partial charge on any atom is 0.170 e. The molecule has 0 aliphatic heterocycles. The fraction of sp³-hybridized carbons (Fsp3) is 0.100. The van der Waals surface area contributed by atoms with Crippen LogP contribution in [0, 0.1) is 11.3 Å². The largest absolute Gasteiger partial charge is 0.216 e. The van der Waals surface area contributed by atoms with E-state index >= 15 is 0 Å². The number of aromatic nitrogens is 2. The molecule has 0 aliphatic carbocycles. The Kier molecular flexibility index (Phi) is 3.33. The van der Waals surface area contributed by atoms with Crippen molar-refractivity contribution < 1.29 is 0 Å². The zero-order valence-electron chi connectivity index (χ0n) is 7.75. The molecule has 0 saturated carbocycles. The summed E-state index contributed by atoms with van der Waals surface area (Å²) in [6, 6.07) is 9.69. The molecule has 0 saturated heterocycles. The molecule has 0 amide bonds. The van der Waals surface area contributed by atoms with Gasteiger partial charge in [-0.2, -0.15) is 9.64 Å². The van der Waals surface area contributed by atoms with Gasteiger partial charge < -0.3 is 0 Å². The second-order valence-electron chi connectivity index (χ2n) is 2.80. The van der Waals surface area contributed by atoms with Gasteiger partial charge in [0, 0.05) is 5.75 Å². The quantitative estimate of drug-likeness (QED) is 0.765. The highest BCUT2D eigenvalue weighted by Gasteiger charge is 1.99. The smallest absolute Gasteiger partial charge is 0.170 e. The molecule has 15 heavy (non-hydrogen) atoms. The van der Waals surface area contributed by atoms with Crippen molar-refractivity contribution in [1.29, 1.82) is 5.26 Å². The molecule has 2 aromatic rings. The van der Waals surface area contributed by atoms with Crippen molar-refractivity contribution in [3.8, 4) is 6.07 Å². The van der Waals surface area contributed by atoms with E-state index in [4.69, 9.17) is 5.26 Å². The van der Waals surface area contributed by atoms with Crippen LogP contribution in [0.2, 0.25) is 0 Å². The van der Waals surface area contributed by atoms with Gasteiger partial charge in [0.15, 0.2) is 4.34 Å². The first-order valence-electron chi connectivity index (χ1n) is 4.27. The Morgan fingerprint density at radius 2 is 2.13 bits per heavy atom. The van der Waals surface area contributed by atoms with E-state index in [-0.39, 0.29) is 0 Å². The zero-order chi connectivity index (χ0) is 10.5. The van der Waals surface area contributed by atoms with E-state index in [1.54, 1.807) is 18.1 Å². The predicted molar refractivity (Wildman–Crippen MR) is 60.6 cm³/mol. The van der Waals surface area contributed by atoms with Crippen LogP contribution in [-0.2, 0) is 5.75 Å². The van der Waals surface area contributed by atoms with Crippen LogP contribution in [0.25, 0.3) is 0 Å². The van der Waals surface area contributed by atoms with Crippen LogP contribution < -0.4 is 0 Å². The van der Waals surface area contributed by atoms with Crippen LogP contribution in [0.15, 0.2) is 34.9 Å². The van der Waals surface area contributed by atoms with E-state index in [1.807, 2.05) is 24.3 Å². The lowest BCUT2D eigenvalue weighted by Gasteiger charge is -1.97. The highest BCUT2D eigenvalue weighted by atomic mass is 32.2. The summed E-state index contributed by atoms with van der Waals surface area (Å²) in [7, 11) is 0. The first kappa shape index (κ1) is 10.1. The maximum atomic E-state index is 8.64. The minimum absolute atomic E-state index is 0.694. The summed E-state index contributed by atoms with van der Waals surface area (Å²) in [4.78, 5) is 4.08. The molecule has 0 fully saturated rings. The van der Waals surface area contributed by atoms with Gasteiger partial charge >= 0.3 is 0 Å². The monoisotopic (exact) mass is 233 g/mol. The number of rotatable bonds is 3. The first-order chi connectivity index (χ1) is 7.38. The standard InChI is InChI=1S/C10H7N3S2/c11-5-8-1-3-9(4-2-8)6-14-10-12-7-13-15-10/h1-4,7H,6H2. The normalized spacial score (nSPS) is 9.80. The number of nitrogens with zero attached hydrogens (tertiary/aromatic N) is 3. The zero-order valence-corrected chi connectivity index (χ0v) is 9.38. The van der Waals surface area contributed by atoms with Crippen molar-refractivity contribution >= 4 is 23.3 Å². The molecule has 0 spiro atoms. The Balaban J connectivity index is 1.97. The number of nitriles is 1. The molecule has 74 valence electrons. The van der Waals surface area contributed by atoms with Gasteiger partial charge in [0.2, 0.25) is 0 Å². The molecule has 2 rings (SSSR count). The molecule has 1 aromatic heterocycles. The van der Waals surface area contributed by atoms with E-state index in [2.05, 4.69) is 15.4 Å². The van der Waals surface area contributed by atoms with E-state index in [1.165, 1.54) is 17.1 Å². The van der Waals surface area contributed by atoms with E-state index < -0.39 is 0 Å². The molecule has 0 bridgehead atoms. The minimum atomic E-state index is 0.694. The molecule has 0 radical (unpaired) electrons. The molecule has 1 aromatic carbocycles. The molecule has 0 aliphatic rings. The summed E-state index contributed by atoms with van der Waals surface area (Å²) in [6.07, 6.45) is 1.56. The lowest BCUT2D eigenvalue weighted by atomic mass is 10.2. The molecular weight excluding hydrogens is 226 g/mol. The molecule has 3 nitrogen and oxygen atoms in total. The average molecular weight is 233 g/mol. The topological polar surface area (TPSA) is 49.6 Å². The summed E-state index contributed by atoms with van der Waals surface area (Å²) in [5.41, 5.74) is 1.88. The lowest BCUT2D eigenvalue weighted by Crippen LogP contribution is -1.81. The van der Waals surface area contributed by atoms with Gasteiger partial charge in [-0.05, 0) is 29.2 Å². The average Bonchev–Trinajstić information content (AvgIpc) is 2.80. The van der Waals surface area contributed by atoms with Crippen LogP contribution in [0.4, 0.5) is 0 Å². The van der Waals surface area contributed by atoms with Crippen LogP contribution in [0.3, 0.4) is 0 Å². The fourth-order valence-corrected chi connectivity index (χ4v) is 2.45. The second kappa shape index (κ2) is 4.91. The van der Waals surface area contributed by atoms with Gasteiger partial charge in [0.1, 0.15) is 6.33 Å². The minimum Gasteiger partial charge on any atom is -0.216 e. The predicted octanol–water partition coefficient (Wildman–Crippen LogP) is 2.70. The lowest BCUT2D eigenvalue weighted by molar-refractivity contribution is 1.21. The fourth-order valence-electron chi connectivity index (χ4n) is 1.05. The third-order valence-corrected chi connectivity index (χ3v) is 3.65. The van der Waals surface area contributed by atoms with Crippen molar-refractivity contribution in [2.24, 2.45) is 0 Å². The third kappa shape index (κ3) is 2.78. The van der Waals surface area contributed by atoms with Crippen molar-refractivity contribution in [2.45, 2.75) is 10.1 Å². The number of benzene rings is 1. The molecule has 0 atom stereocenters. The van der Waals surface area contributed by atoms with Gasteiger partial charge in [-0.1, -0.05) is 23.9 Å². The van der Waals surface area contributed by atoms with Crippen LogP contribution in [0.5, 0.6) is 0 Å². The maximum absolute atomic E-state index is 8.64. The van der Waals surface area contributed by atoms with Crippen molar-refractivity contribution in [3.63, 3.8) is 0 Å². The SMILES string of the molecule is N#Cc1ccc(CSc2ncns2)cc1. The van der Waals surface area contributed by atoms with Crippen LogP contribution in [-0.4, -0.2) is 9.36 Å². The molecule has 0 N–H and O–H groups in total. The van der Waals surface area contributed by atoms with Gasteiger partial charge in [-0.15, -0.1) is 0 Å². The van der Waals surface area contributed by atoms with Crippen molar-refractivity contribution in [2.75, 3.05) is 0 Å². The summed E-state index contributed by atoms with van der Waals surface area (Å²) in [5.74, 6) is 0.862. The summed E-state index contributed by atoms with van der Waals surface area (Å²) in [5, 5.41) is 8.64. The van der Waals surface area contributed by atoms with Crippen LogP contribution in [0.1, 0.15) is 11.1 Å². The second-order valence-corrected chi connectivity index (χ2v) is 4.81. The molecule has 0 unspecified atom stereocenters. The van der Waals surface area contributed by atoms with Gasteiger partial charge in [0.05, 0.1) is 11.6 Å². The van der Waals surface area contributed by atoms with Crippen LogP contribution >= 0.6 is 23.3 Å². The number of thioether (sulfide) groups is 1. The van der Waals surface area contributed by atoms with Gasteiger partial charge in [0.25, 0.3) is 0 Å². The third-order valence-electron chi connectivity index (χ3n) is 1.79. The summed E-state index contributed by atoms with van der Waals surface area (Å²) < 4.78 is 4.90. The van der Waals surface area contributed by atoms with E-state index in [9.17, 15) is 0 Å². The Hall–Kier alpha value is -1.38.